The summed E-state index contributed by atoms with van der Waals surface area (Å²) in [5.74, 6) is 5.21. The van der Waals surface area contributed by atoms with Gasteiger partial charge in [-0.15, -0.1) is 0 Å². The molecule has 0 saturated carbocycles. The molecule has 4 aliphatic heterocycles. The van der Waals surface area contributed by atoms with E-state index in [1.54, 1.807) is 7.11 Å². The monoisotopic (exact) mass is 344 g/mol. The highest BCUT2D eigenvalue weighted by Crippen LogP contribution is 2.33. The summed E-state index contributed by atoms with van der Waals surface area (Å²) < 4.78 is 5.63. The molecule has 2 aromatic carbocycles. The predicted molar refractivity (Wildman–Crippen MR) is 104 cm³/mol. The Morgan fingerprint density at radius 3 is 1.52 bits per heavy atom. The maximum absolute atomic E-state index is 5.63. The summed E-state index contributed by atoms with van der Waals surface area (Å²) in [6.45, 7) is 6.71. The van der Waals surface area contributed by atoms with Crippen molar-refractivity contribution in [3.8, 4) is 5.75 Å². The van der Waals surface area contributed by atoms with Crippen LogP contribution >= 0.6 is 23.5 Å². The number of benzene rings is 2. The molecule has 0 aromatic heterocycles. The third-order valence-electron chi connectivity index (χ3n) is 4.56. The molecule has 0 N–H and O–H groups in total. The largest absolute Gasteiger partial charge is 0.496 e. The van der Waals surface area contributed by atoms with Gasteiger partial charge in [-0.25, -0.2) is 0 Å². The molecule has 2 aromatic rings. The molecular formula is C20H24OS2. The third-order valence-corrected chi connectivity index (χ3v) is 6.62. The van der Waals surface area contributed by atoms with Gasteiger partial charge in [-0.1, -0.05) is 18.2 Å². The van der Waals surface area contributed by atoms with Crippen molar-refractivity contribution < 1.29 is 4.74 Å². The summed E-state index contributed by atoms with van der Waals surface area (Å²) in [5.41, 5.74) is 9.88. The minimum Gasteiger partial charge on any atom is -0.496 e. The van der Waals surface area contributed by atoms with Crippen LogP contribution in [0, 0.1) is 20.8 Å². The highest BCUT2D eigenvalue weighted by Gasteiger charge is 2.12. The van der Waals surface area contributed by atoms with E-state index in [0.717, 1.165) is 28.8 Å². The number of ether oxygens (including phenoxy) is 1. The van der Waals surface area contributed by atoms with Crippen LogP contribution in [0.2, 0.25) is 0 Å². The van der Waals surface area contributed by atoms with Gasteiger partial charge in [-0.05, 0) is 60.2 Å². The fourth-order valence-corrected chi connectivity index (χ4v) is 5.28. The highest BCUT2D eigenvalue weighted by atomic mass is 32.2. The number of methoxy groups -OCH3 is 1. The zero-order valence-electron chi connectivity index (χ0n) is 14.4. The quantitative estimate of drug-likeness (QED) is 0.647. The van der Waals surface area contributed by atoms with Crippen molar-refractivity contribution in [1.29, 1.82) is 0 Å². The minimum absolute atomic E-state index is 0.998. The van der Waals surface area contributed by atoms with Crippen LogP contribution in [0.1, 0.15) is 38.9 Å². The first kappa shape index (κ1) is 16.8. The first-order chi connectivity index (χ1) is 11.1. The minimum atomic E-state index is 0.998. The average molecular weight is 345 g/mol. The first-order valence-corrected chi connectivity index (χ1v) is 10.3. The number of hydrogen-bond acceptors (Lipinski definition) is 3. The molecule has 6 rings (SSSR count). The fraction of sp³-hybridized carbons (Fsp3) is 0.400. The summed E-state index contributed by atoms with van der Waals surface area (Å²) in [4.78, 5) is 0. The molecule has 0 radical (unpaired) electrons. The van der Waals surface area contributed by atoms with E-state index in [0.29, 0.717) is 0 Å². The van der Waals surface area contributed by atoms with Crippen LogP contribution in [-0.2, 0) is 23.0 Å². The summed E-state index contributed by atoms with van der Waals surface area (Å²) in [6.07, 6.45) is 0. The smallest absolute Gasteiger partial charge is 0.123 e. The second kappa shape index (κ2) is 7.23. The normalized spacial score (nSPS) is 14.8. The van der Waals surface area contributed by atoms with Crippen LogP contribution in [0.15, 0.2) is 24.3 Å². The van der Waals surface area contributed by atoms with E-state index < -0.39 is 0 Å². The lowest BCUT2D eigenvalue weighted by atomic mass is 10.0. The van der Waals surface area contributed by atoms with E-state index in [4.69, 9.17) is 4.74 Å². The Hall–Kier alpha value is -1.06. The number of thioether (sulfide) groups is 2. The summed E-state index contributed by atoms with van der Waals surface area (Å²) in [7, 11) is 1.78. The summed E-state index contributed by atoms with van der Waals surface area (Å²) in [5, 5.41) is 0. The zero-order valence-corrected chi connectivity index (χ0v) is 16.0. The molecule has 23 heavy (non-hydrogen) atoms. The molecule has 0 spiro atoms. The van der Waals surface area contributed by atoms with Crippen molar-refractivity contribution in [1.82, 2.24) is 0 Å². The van der Waals surface area contributed by atoms with Crippen LogP contribution in [0.3, 0.4) is 0 Å². The van der Waals surface area contributed by atoms with Crippen LogP contribution in [0.5, 0.6) is 5.75 Å². The van der Waals surface area contributed by atoms with Crippen LogP contribution in [0.4, 0.5) is 0 Å². The topological polar surface area (TPSA) is 9.23 Å². The molecule has 4 bridgehead atoms. The highest BCUT2D eigenvalue weighted by molar-refractivity contribution is 7.98. The van der Waals surface area contributed by atoms with Crippen molar-refractivity contribution in [2.75, 3.05) is 7.11 Å². The lowest BCUT2D eigenvalue weighted by molar-refractivity contribution is 0.411. The zero-order chi connectivity index (χ0) is 16.4. The standard InChI is InChI=1S/C20H24OS2/c1-13-6-17-10-23-12-19-7-15(3)18(8-20(19)21-4)11-22-9-16(13)5-14(17)2/h5-8H,9-12H2,1-4H3. The lowest BCUT2D eigenvalue weighted by Crippen LogP contribution is -1.99. The van der Waals surface area contributed by atoms with Gasteiger partial charge in [0.2, 0.25) is 0 Å². The van der Waals surface area contributed by atoms with E-state index in [9.17, 15) is 0 Å². The maximum atomic E-state index is 5.63. The molecule has 4 aliphatic rings. The maximum Gasteiger partial charge on any atom is 0.123 e. The van der Waals surface area contributed by atoms with Crippen LogP contribution in [-0.4, -0.2) is 7.11 Å². The Bertz CT molecular complexity index is 722. The second-order valence-corrected chi connectivity index (χ2v) is 8.25. The number of rotatable bonds is 1. The molecule has 3 heteroatoms. The van der Waals surface area contributed by atoms with Crippen LogP contribution in [0.25, 0.3) is 0 Å². The van der Waals surface area contributed by atoms with Gasteiger partial charge in [0.25, 0.3) is 0 Å². The Morgan fingerprint density at radius 2 is 1.04 bits per heavy atom. The Labute approximate surface area is 148 Å². The summed E-state index contributed by atoms with van der Waals surface area (Å²) >= 11 is 3.96. The van der Waals surface area contributed by atoms with Crippen molar-refractivity contribution in [2.45, 2.75) is 43.8 Å². The van der Waals surface area contributed by atoms with E-state index >= 15 is 0 Å². The molecule has 0 unspecified atom stereocenters. The third kappa shape index (κ3) is 3.72. The fourth-order valence-electron chi connectivity index (χ4n) is 3.04. The molecule has 0 atom stereocenters. The number of aryl methyl sites for hydroxylation is 3. The Balaban J connectivity index is 1.97. The molecule has 0 amide bonds. The Morgan fingerprint density at radius 1 is 0.652 bits per heavy atom. The van der Waals surface area contributed by atoms with Crippen molar-refractivity contribution in [3.05, 3.63) is 63.2 Å². The van der Waals surface area contributed by atoms with Crippen molar-refractivity contribution in [2.24, 2.45) is 0 Å². The van der Waals surface area contributed by atoms with E-state index in [1.807, 2.05) is 23.5 Å². The van der Waals surface area contributed by atoms with Gasteiger partial charge >= 0.3 is 0 Å². The second-order valence-electron chi connectivity index (χ2n) is 6.28. The van der Waals surface area contributed by atoms with Crippen LogP contribution < -0.4 is 4.74 Å². The van der Waals surface area contributed by atoms with Gasteiger partial charge < -0.3 is 4.74 Å². The van der Waals surface area contributed by atoms with Gasteiger partial charge in [0, 0.05) is 28.6 Å². The predicted octanol–water partition coefficient (Wildman–Crippen LogP) is 5.80. The molecule has 122 valence electrons. The molecular weight excluding hydrogens is 320 g/mol. The van der Waals surface area contributed by atoms with Gasteiger partial charge in [0.05, 0.1) is 7.11 Å². The first-order valence-electron chi connectivity index (χ1n) is 7.99. The molecule has 4 heterocycles. The molecule has 0 saturated heterocycles. The molecule has 0 fully saturated rings. The van der Waals surface area contributed by atoms with E-state index in [2.05, 4.69) is 45.0 Å². The van der Waals surface area contributed by atoms with E-state index in [1.165, 1.54) is 38.9 Å². The van der Waals surface area contributed by atoms with Gasteiger partial charge in [0.1, 0.15) is 5.75 Å². The van der Waals surface area contributed by atoms with Gasteiger partial charge in [-0.3, -0.25) is 0 Å². The average Bonchev–Trinajstić information content (AvgIpc) is 2.53. The van der Waals surface area contributed by atoms with E-state index in [-0.39, 0.29) is 0 Å². The van der Waals surface area contributed by atoms with Gasteiger partial charge in [0.15, 0.2) is 0 Å². The molecule has 0 aliphatic carbocycles. The summed E-state index contributed by atoms with van der Waals surface area (Å²) in [6, 6.07) is 9.32. The van der Waals surface area contributed by atoms with Crippen molar-refractivity contribution in [3.63, 3.8) is 0 Å². The van der Waals surface area contributed by atoms with Crippen molar-refractivity contribution >= 4 is 23.5 Å². The SMILES string of the molecule is COc1cc2c(C)cc1CSCc1cc(C)c(cc1C)CSC2. The Kier molecular flexibility index (Phi) is 5.27. The molecule has 1 nitrogen and oxygen atoms in total. The van der Waals surface area contributed by atoms with Gasteiger partial charge in [-0.2, -0.15) is 23.5 Å². The lowest BCUT2D eigenvalue weighted by Gasteiger charge is -2.17. The number of hydrogen-bond donors (Lipinski definition) is 0.